The Morgan fingerprint density at radius 1 is 1.09 bits per heavy atom. The lowest BCUT2D eigenvalue weighted by Crippen LogP contribution is -2.13. The smallest absolute Gasteiger partial charge is 0.322 e. The molecule has 7 heteroatoms. The summed E-state index contributed by atoms with van der Waals surface area (Å²) < 4.78 is 5.44. The normalized spacial score (nSPS) is 10.6. The number of carbonyl (C=O) groups is 1. The molecule has 0 aliphatic carbocycles. The number of aryl methyl sites for hydroxylation is 1. The minimum absolute atomic E-state index is 0.00403. The molecule has 0 saturated heterocycles. The van der Waals surface area contributed by atoms with Gasteiger partial charge in [-0.3, -0.25) is 10.1 Å². The van der Waals surface area contributed by atoms with Gasteiger partial charge in [0.05, 0.1) is 0 Å². The Labute approximate surface area is 142 Å². The van der Waals surface area contributed by atoms with E-state index in [4.69, 9.17) is 27.6 Å². The van der Waals surface area contributed by atoms with Crippen molar-refractivity contribution in [3.05, 3.63) is 63.6 Å². The summed E-state index contributed by atoms with van der Waals surface area (Å²) in [7, 11) is 0. The van der Waals surface area contributed by atoms with E-state index in [9.17, 15) is 4.79 Å². The Balaban J connectivity index is 1.82. The van der Waals surface area contributed by atoms with Crippen molar-refractivity contribution in [2.75, 3.05) is 5.32 Å². The standard InChI is InChI=1S/C16H11Cl2N3O2/c1-9-4-2-3-5-13(9)14(22)19-16-21-20-15(23-16)10-6-11(17)8-12(18)7-10/h2-8H,1H3,(H,19,21,22). The van der Waals surface area contributed by atoms with Crippen LogP contribution in [0, 0.1) is 6.92 Å². The number of halogens is 2. The summed E-state index contributed by atoms with van der Waals surface area (Å²) in [6, 6.07) is 12.1. The first kappa shape index (κ1) is 15.5. The Morgan fingerprint density at radius 3 is 2.48 bits per heavy atom. The Morgan fingerprint density at radius 2 is 1.78 bits per heavy atom. The third-order valence-electron chi connectivity index (χ3n) is 3.14. The van der Waals surface area contributed by atoms with Crippen LogP contribution < -0.4 is 5.32 Å². The molecule has 3 aromatic rings. The van der Waals surface area contributed by atoms with Gasteiger partial charge in [0.15, 0.2) is 0 Å². The van der Waals surface area contributed by atoms with Crippen molar-refractivity contribution in [2.45, 2.75) is 6.92 Å². The van der Waals surface area contributed by atoms with E-state index in [2.05, 4.69) is 15.5 Å². The lowest BCUT2D eigenvalue weighted by Gasteiger charge is -2.03. The molecule has 0 atom stereocenters. The summed E-state index contributed by atoms with van der Waals surface area (Å²) >= 11 is 11.9. The number of carbonyl (C=O) groups excluding carboxylic acids is 1. The highest BCUT2D eigenvalue weighted by atomic mass is 35.5. The SMILES string of the molecule is Cc1ccccc1C(=O)Nc1nnc(-c2cc(Cl)cc(Cl)c2)o1. The molecule has 3 rings (SSSR count). The third kappa shape index (κ3) is 3.52. The summed E-state index contributed by atoms with van der Waals surface area (Å²) in [5.41, 5.74) is 1.97. The lowest BCUT2D eigenvalue weighted by molar-refractivity contribution is 0.102. The highest BCUT2D eigenvalue weighted by molar-refractivity contribution is 6.35. The fourth-order valence-electron chi connectivity index (χ4n) is 2.06. The second-order valence-corrected chi connectivity index (χ2v) is 5.71. The first-order valence-electron chi connectivity index (χ1n) is 6.70. The number of rotatable bonds is 3. The van der Waals surface area contributed by atoms with Gasteiger partial charge in [0.25, 0.3) is 5.91 Å². The third-order valence-corrected chi connectivity index (χ3v) is 3.58. The summed E-state index contributed by atoms with van der Waals surface area (Å²) in [5.74, 6) is -0.100. The van der Waals surface area contributed by atoms with Crippen molar-refractivity contribution in [1.82, 2.24) is 10.2 Å². The summed E-state index contributed by atoms with van der Waals surface area (Å²) in [5, 5.41) is 11.2. The van der Waals surface area contributed by atoms with Crippen LogP contribution in [0.2, 0.25) is 10.0 Å². The van der Waals surface area contributed by atoms with Gasteiger partial charge in [-0.1, -0.05) is 46.5 Å². The van der Waals surface area contributed by atoms with Crippen LogP contribution in [0.1, 0.15) is 15.9 Å². The number of nitrogens with zero attached hydrogens (tertiary/aromatic N) is 2. The van der Waals surface area contributed by atoms with E-state index in [1.165, 1.54) is 0 Å². The number of hydrogen-bond donors (Lipinski definition) is 1. The second-order valence-electron chi connectivity index (χ2n) is 4.84. The van der Waals surface area contributed by atoms with Gasteiger partial charge in [-0.05, 0) is 36.8 Å². The zero-order valence-corrected chi connectivity index (χ0v) is 13.5. The van der Waals surface area contributed by atoms with Gasteiger partial charge in [0.1, 0.15) is 0 Å². The van der Waals surface area contributed by atoms with Crippen LogP contribution in [0.15, 0.2) is 46.9 Å². The van der Waals surface area contributed by atoms with Crippen LogP contribution in [0.5, 0.6) is 0 Å². The van der Waals surface area contributed by atoms with Crippen LogP contribution in [0.3, 0.4) is 0 Å². The average Bonchev–Trinajstić information content (AvgIpc) is 2.95. The van der Waals surface area contributed by atoms with Gasteiger partial charge in [-0.15, -0.1) is 5.10 Å². The molecule has 0 aliphatic heterocycles. The molecule has 1 aromatic heterocycles. The number of nitrogens with one attached hydrogen (secondary N) is 1. The molecule has 23 heavy (non-hydrogen) atoms. The number of benzene rings is 2. The fraction of sp³-hybridized carbons (Fsp3) is 0.0625. The summed E-state index contributed by atoms with van der Waals surface area (Å²) in [6.45, 7) is 1.85. The number of aromatic nitrogens is 2. The van der Waals surface area contributed by atoms with Crippen LogP contribution in [0.25, 0.3) is 11.5 Å². The van der Waals surface area contributed by atoms with Gasteiger partial charge in [0.2, 0.25) is 5.89 Å². The van der Waals surface area contributed by atoms with Gasteiger partial charge in [-0.25, -0.2) is 0 Å². The van der Waals surface area contributed by atoms with Crippen molar-refractivity contribution in [2.24, 2.45) is 0 Å². The maximum atomic E-state index is 12.2. The molecule has 0 saturated carbocycles. The van der Waals surface area contributed by atoms with E-state index in [0.717, 1.165) is 5.56 Å². The largest absolute Gasteiger partial charge is 0.403 e. The Kier molecular flexibility index (Phi) is 4.32. The first-order valence-corrected chi connectivity index (χ1v) is 7.45. The summed E-state index contributed by atoms with van der Waals surface area (Å²) in [4.78, 5) is 12.2. The van der Waals surface area contributed by atoms with E-state index >= 15 is 0 Å². The molecule has 0 fully saturated rings. The molecule has 0 spiro atoms. The molecule has 2 aromatic carbocycles. The maximum absolute atomic E-state index is 12.2. The molecular formula is C16H11Cl2N3O2. The Bertz CT molecular complexity index is 857. The molecule has 0 radical (unpaired) electrons. The monoisotopic (exact) mass is 347 g/mol. The van der Waals surface area contributed by atoms with E-state index in [-0.39, 0.29) is 17.8 Å². The maximum Gasteiger partial charge on any atom is 0.322 e. The minimum Gasteiger partial charge on any atom is -0.403 e. The fourth-order valence-corrected chi connectivity index (χ4v) is 2.59. The minimum atomic E-state index is -0.317. The van der Waals surface area contributed by atoms with Crippen molar-refractivity contribution in [3.8, 4) is 11.5 Å². The number of anilines is 1. The number of amides is 1. The van der Waals surface area contributed by atoms with Crippen molar-refractivity contribution in [1.29, 1.82) is 0 Å². The first-order chi connectivity index (χ1) is 11.0. The van der Waals surface area contributed by atoms with Crippen molar-refractivity contribution in [3.63, 3.8) is 0 Å². The van der Waals surface area contributed by atoms with E-state index in [1.54, 1.807) is 30.3 Å². The van der Waals surface area contributed by atoms with Crippen LogP contribution in [-0.2, 0) is 0 Å². The molecule has 0 aliphatic rings. The summed E-state index contributed by atoms with van der Waals surface area (Å²) in [6.07, 6.45) is 0. The molecular weight excluding hydrogens is 337 g/mol. The molecule has 116 valence electrons. The van der Waals surface area contributed by atoms with Gasteiger partial charge < -0.3 is 4.42 Å². The molecule has 1 heterocycles. The van der Waals surface area contributed by atoms with E-state index < -0.39 is 0 Å². The topological polar surface area (TPSA) is 68.0 Å². The van der Waals surface area contributed by atoms with E-state index in [1.807, 2.05) is 19.1 Å². The van der Waals surface area contributed by atoms with E-state index in [0.29, 0.717) is 21.2 Å². The highest BCUT2D eigenvalue weighted by Gasteiger charge is 2.14. The van der Waals surface area contributed by atoms with Crippen LogP contribution >= 0.6 is 23.2 Å². The predicted octanol–water partition coefficient (Wildman–Crippen LogP) is 4.60. The molecule has 0 bridgehead atoms. The van der Waals surface area contributed by atoms with Crippen LogP contribution in [-0.4, -0.2) is 16.1 Å². The second kappa shape index (κ2) is 6.40. The molecule has 1 N–H and O–H groups in total. The molecule has 0 unspecified atom stereocenters. The number of hydrogen-bond acceptors (Lipinski definition) is 4. The van der Waals surface area contributed by atoms with Crippen molar-refractivity contribution < 1.29 is 9.21 Å². The quantitative estimate of drug-likeness (QED) is 0.751. The molecule has 1 amide bonds. The van der Waals surface area contributed by atoms with Crippen molar-refractivity contribution >= 4 is 35.1 Å². The van der Waals surface area contributed by atoms with Crippen LogP contribution in [0.4, 0.5) is 6.01 Å². The molecule has 5 nitrogen and oxygen atoms in total. The predicted molar refractivity (Wildman–Crippen MR) is 88.9 cm³/mol. The zero-order chi connectivity index (χ0) is 16.4. The highest BCUT2D eigenvalue weighted by Crippen LogP contribution is 2.27. The average molecular weight is 348 g/mol. The van der Waals surface area contributed by atoms with Gasteiger partial charge in [-0.2, -0.15) is 0 Å². The Hall–Kier alpha value is -2.37. The lowest BCUT2D eigenvalue weighted by atomic mass is 10.1. The van der Waals surface area contributed by atoms with Gasteiger partial charge in [0, 0.05) is 21.2 Å². The van der Waals surface area contributed by atoms with Gasteiger partial charge >= 0.3 is 6.01 Å². The zero-order valence-electron chi connectivity index (χ0n) is 12.0.